The Morgan fingerprint density at radius 1 is 1.29 bits per heavy atom. The highest BCUT2D eigenvalue weighted by molar-refractivity contribution is 4.79. The summed E-state index contributed by atoms with van der Waals surface area (Å²) in [5.74, 6) is 0. The summed E-state index contributed by atoms with van der Waals surface area (Å²) in [6, 6.07) is 0. The van der Waals surface area contributed by atoms with Crippen molar-refractivity contribution in [3.63, 3.8) is 0 Å². The van der Waals surface area contributed by atoms with Crippen LogP contribution in [0, 0.1) is 0 Å². The van der Waals surface area contributed by atoms with Gasteiger partial charge in [0.25, 0.3) is 0 Å². The summed E-state index contributed by atoms with van der Waals surface area (Å²) in [6.07, 6.45) is 1.09. The van der Waals surface area contributed by atoms with Crippen molar-refractivity contribution in [3.05, 3.63) is 0 Å². The SMILES string of the molecule is CCOCCCNCC(C)(C)N(C)C. The van der Waals surface area contributed by atoms with Gasteiger partial charge in [-0.25, -0.2) is 0 Å². The molecule has 86 valence electrons. The molecule has 3 nitrogen and oxygen atoms in total. The molecule has 0 atom stereocenters. The molecule has 0 aromatic rings. The van der Waals surface area contributed by atoms with Crippen LogP contribution in [0.1, 0.15) is 27.2 Å². The smallest absolute Gasteiger partial charge is 0.0477 e. The first-order valence-corrected chi connectivity index (χ1v) is 5.46. The summed E-state index contributed by atoms with van der Waals surface area (Å²) in [7, 11) is 4.23. The van der Waals surface area contributed by atoms with Gasteiger partial charge >= 0.3 is 0 Å². The van der Waals surface area contributed by atoms with Crippen LogP contribution in [0.4, 0.5) is 0 Å². The van der Waals surface area contributed by atoms with E-state index in [9.17, 15) is 0 Å². The number of ether oxygens (including phenoxy) is 1. The Morgan fingerprint density at radius 2 is 1.93 bits per heavy atom. The van der Waals surface area contributed by atoms with E-state index in [2.05, 4.69) is 38.2 Å². The summed E-state index contributed by atoms with van der Waals surface area (Å²) in [5, 5.41) is 3.44. The second-order valence-corrected chi connectivity index (χ2v) is 4.43. The van der Waals surface area contributed by atoms with Crippen LogP contribution in [0.15, 0.2) is 0 Å². The highest BCUT2D eigenvalue weighted by atomic mass is 16.5. The van der Waals surface area contributed by atoms with Crippen molar-refractivity contribution in [2.24, 2.45) is 0 Å². The van der Waals surface area contributed by atoms with Gasteiger partial charge in [0.2, 0.25) is 0 Å². The van der Waals surface area contributed by atoms with Crippen LogP contribution in [0.25, 0.3) is 0 Å². The minimum Gasteiger partial charge on any atom is -0.382 e. The van der Waals surface area contributed by atoms with E-state index in [-0.39, 0.29) is 5.54 Å². The van der Waals surface area contributed by atoms with Crippen LogP contribution in [0.2, 0.25) is 0 Å². The van der Waals surface area contributed by atoms with Gasteiger partial charge in [-0.3, -0.25) is 0 Å². The van der Waals surface area contributed by atoms with Crippen LogP contribution in [0.5, 0.6) is 0 Å². The first kappa shape index (κ1) is 13.9. The second-order valence-electron chi connectivity index (χ2n) is 4.43. The van der Waals surface area contributed by atoms with Gasteiger partial charge < -0.3 is 15.0 Å². The molecular weight excluding hydrogens is 176 g/mol. The lowest BCUT2D eigenvalue weighted by atomic mass is 10.0. The van der Waals surface area contributed by atoms with E-state index >= 15 is 0 Å². The minimum atomic E-state index is 0.228. The number of hydrogen-bond acceptors (Lipinski definition) is 3. The summed E-state index contributed by atoms with van der Waals surface area (Å²) >= 11 is 0. The molecule has 0 heterocycles. The van der Waals surface area contributed by atoms with Crippen molar-refractivity contribution in [3.8, 4) is 0 Å². The molecule has 0 bridgehead atoms. The van der Waals surface area contributed by atoms with Gasteiger partial charge in [0, 0.05) is 25.3 Å². The van der Waals surface area contributed by atoms with Crippen molar-refractivity contribution in [2.45, 2.75) is 32.7 Å². The number of nitrogens with one attached hydrogen (secondary N) is 1. The van der Waals surface area contributed by atoms with Gasteiger partial charge in [-0.2, -0.15) is 0 Å². The molecule has 0 fully saturated rings. The molecule has 0 aromatic carbocycles. The quantitative estimate of drug-likeness (QED) is 0.601. The third kappa shape index (κ3) is 6.35. The second kappa shape index (κ2) is 7.21. The van der Waals surface area contributed by atoms with Gasteiger partial charge in [0.15, 0.2) is 0 Å². The van der Waals surface area contributed by atoms with Crippen molar-refractivity contribution in [1.82, 2.24) is 10.2 Å². The molecular formula is C11H26N2O. The molecule has 0 aliphatic rings. The van der Waals surface area contributed by atoms with Gasteiger partial charge in [-0.15, -0.1) is 0 Å². The molecule has 0 radical (unpaired) electrons. The Labute approximate surface area is 88.8 Å². The van der Waals surface area contributed by atoms with Crippen LogP contribution < -0.4 is 5.32 Å². The third-order valence-corrected chi connectivity index (χ3v) is 2.61. The molecule has 1 N–H and O–H groups in total. The minimum absolute atomic E-state index is 0.228. The zero-order chi connectivity index (χ0) is 11.0. The molecule has 0 spiro atoms. The third-order valence-electron chi connectivity index (χ3n) is 2.61. The Hall–Kier alpha value is -0.120. The van der Waals surface area contributed by atoms with Gasteiger partial charge in [-0.1, -0.05) is 0 Å². The zero-order valence-electron chi connectivity index (χ0n) is 10.4. The first-order valence-electron chi connectivity index (χ1n) is 5.46. The first-order chi connectivity index (χ1) is 6.50. The molecule has 0 amide bonds. The maximum Gasteiger partial charge on any atom is 0.0477 e. The molecule has 0 saturated carbocycles. The van der Waals surface area contributed by atoms with E-state index < -0.39 is 0 Å². The molecule has 14 heavy (non-hydrogen) atoms. The lowest BCUT2D eigenvalue weighted by molar-refractivity contribution is 0.142. The maximum atomic E-state index is 5.26. The molecule has 0 rings (SSSR count). The summed E-state index contributed by atoms with van der Waals surface area (Å²) in [4.78, 5) is 2.24. The topological polar surface area (TPSA) is 24.5 Å². The van der Waals surface area contributed by atoms with E-state index in [0.29, 0.717) is 0 Å². The molecule has 0 aliphatic heterocycles. The van der Waals surface area contributed by atoms with Gasteiger partial charge in [0.05, 0.1) is 0 Å². The van der Waals surface area contributed by atoms with Crippen molar-refractivity contribution in [2.75, 3.05) is 40.4 Å². The van der Waals surface area contributed by atoms with Crippen molar-refractivity contribution in [1.29, 1.82) is 0 Å². The average Bonchev–Trinajstić information content (AvgIpc) is 2.10. The molecule has 3 heteroatoms. The Morgan fingerprint density at radius 3 is 2.43 bits per heavy atom. The molecule has 0 aromatic heterocycles. The van der Waals surface area contributed by atoms with E-state index in [1.54, 1.807) is 0 Å². The predicted octanol–water partition coefficient (Wildman–Crippen LogP) is 1.34. The maximum absolute atomic E-state index is 5.26. The van der Waals surface area contributed by atoms with Gasteiger partial charge in [-0.05, 0) is 47.8 Å². The lowest BCUT2D eigenvalue weighted by Crippen LogP contribution is -2.46. The standard InChI is InChI=1S/C11H26N2O/c1-6-14-9-7-8-12-10-11(2,3)13(4)5/h12H,6-10H2,1-5H3. The normalized spacial score (nSPS) is 12.4. The number of rotatable bonds is 8. The molecule has 0 saturated heterocycles. The summed E-state index contributed by atoms with van der Waals surface area (Å²) in [6.45, 7) is 10.3. The van der Waals surface area contributed by atoms with Gasteiger partial charge in [0.1, 0.15) is 0 Å². The average molecular weight is 202 g/mol. The van der Waals surface area contributed by atoms with Crippen molar-refractivity contribution < 1.29 is 4.74 Å². The summed E-state index contributed by atoms with van der Waals surface area (Å²) in [5.41, 5.74) is 0.228. The zero-order valence-corrected chi connectivity index (χ0v) is 10.4. The molecule has 0 aliphatic carbocycles. The largest absolute Gasteiger partial charge is 0.382 e. The highest BCUT2D eigenvalue weighted by Crippen LogP contribution is 2.07. The van der Waals surface area contributed by atoms with E-state index in [0.717, 1.165) is 32.7 Å². The van der Waals surface area contributed by atoms with Crippen LogP contribution in [-0.2, 0) is 4.74 Å². The van der Waals surface area contributed by atoms with Crippen LogP contribution in [0.3, 0.4) is 0 Å². The fourth-order valence-electron chi connectivity index (χ4n) is 0.996. The Kier molecular flexibility index (Phi) is 7.15. The monoisotopic (exact) mass is 202 g/mol. The lowest BCUT2D eigenvalue weighted by Gasteiger charge is -2.32. The van der Waals surface area contributed by atoms with E-state index in [1.807, 2.05) is 6.92 Å². The highest BCUT2D eigenvalue weighted by Gasteiger charge is 2.18. The van der Waals surface area contributed by atoms with Crippen molar-refractivity contribution >= 4 is 0 Å². The summed E-state index contributed by atoms with van der Waals surface area (Å²) < 4.78 is 5.26. The fraction of sp³-hybridized carbons (Fsp3) is 1.00. The van der Waals surface area contributed by atoms with Crippen LogP contribution in [-0.4, -0.2) is 50.8 Å². The number of hydrogen-bond donors (Lipinski definition) is 1. The Balaban J connectivity index is 3.35. The number of likely N-dealkylation sites (N-methyl/N-ethyl adjacent to an activating group) is 1. The predicted molar refractivity (Wildman–Crippen MR) is 61.7 cm³/mol. The number of nitrogens with zero attached hydrogens (tertiary/aromatic N) is 1. The molecule has 0 unspecified atom stereocenters. The Bertz CT molecular complexity index is 135. The van der Waals surface area contributed by atoms with E-state index in [4.69, 9.17) is 4.74 Å². The van der Waals surface area contributed by atoms with E-state index in [1.165, 1.54) is 0 Å². The fourth-order valence-corrected chi connectivity index (χ4v) is 0.996. The van der Waals surface area contributed by atoms with Crippen LogP contribution >= 0.6 is 0 Å².